The minimum atomic E-state index is -3.00. The van der Waals surface area contributed by atoms with Crippen molar-refractivity contribution in [2.24, 2.45) is 10.3 Å². The first-order valence-corrected chi connectivity index (χ1v) is 12.1. The highest BCUT2D eigenvalue weighted by Crippen LogP contribution is 2.56. The summed E-state index contributed by atoms with van der Waals surface area (Å²) >= 11 is 7.14. The molecule has 32 heavy (non-hydrogen) atoms. The number of hydrogen-bond acceptors (Lipinski definition) is 3. The molecule has 0 radical (unpaired) electrons. The van der Waals surface area contributed by atoms with E-state index < -0.39 is 10.7 Å². The van der Waals surface area contributed by atoms with Crippen LogP contribution in [0.5, 0.6) is 0 Å². The van der Waals surface area contributed by atoms with Crippen LogP contribution in [0.2, 0.25) is 5.02 Å². The quantitative estimate of drug-likeness (QED) is 0.361. The highest BCUT2D eigenvalue weighted by molar-refractivity contribution is 7.99. The van der Waals surface area contributed by atoms with Gasteiger partial charge in [0.1, 0.15) is 10.5 Å². The van der Waals surface area contributed by atoms with Gasteiger partial charge in [0.25, 0.3) is 5.92 Å². The van der Waals surface area contributed by atoms with Crippen LogP contribution in [0.4, 0.5) is 8.78 Å². The van der Waals surface area contributed by atoms with Crippen molar-refractivity contribution in [2.75, 3.05) is 0 Å². The van der Waals surface area contributed by atoms with Gasteiger partial charge in [0.15, 0.2) is 0 Å². The van der Waals surface area contributed by atoms with Gasteiger partial charge in [-0.15, -0.1) is 0 Å². The van der Waals surface area contributed by atoms with Crippen molar-refractivity contribution in [3.05, 3.63) is 69.2 Å². The zero-order valence-corrected chi connectivity index (χ0v) is 20.8. The zero-order valence-electron chi connectivity index (χ0n) is 19.3. The van der Waals surface area contributed by atoms with Gasteiger partial charge in [-0.25, -0.2) is 13.2 Å². The Morgan fingerprint density at radius 2 is 1.97 bits per heavy atom. The second-order valence-electron chi connectivity index (χ2n) is 8.98. The van der Waals surface area contributed by atoms with Crippen molar-refractivity contribution in [3.63, 3.8) is 0 Å². The van der Waals surface area contributed by atoms with Crippen LogP contribution in [0.25, 0.3) is 0 Å². The summed E-state index contributed by atoms with van der Waals surface area (Å²) in [4.78, 5) is 12.0. The van der Waals surface area contributed by atoms with Crippen molar-refractivity contribution in [2.45, 2.75) is 71.0 Å². The molecule has 3 rings (SSSR count). The van der Waals surface area contributed by atoms with E-state index in [2.05, 4.69) is 11.3 Å². The van der Waals surface area contributed by atoms with E-state index in [1.54, 1.807) is 25.1 Å². The summed E-state index contributed by atoms with van der Waals surface area (Å²) < 4.78 is 33.0. The number of Topliss-reactive ketones (excluding diaryl/α,β-unsaturated/α-hetero) is 1. The average molecular weight is 478 g/mol. The number of alkyl halides is 2. The molecule has 0 amide bonds. The molecule has 0 aliphatic carbocycles. The van der Waals surface area contributed by atoms with Crippen LogP contribution >= 0.6 is 23.5 Å². The molecule has 1 heterocycles. The number of carbonyl (C=O) groups is 1. The number of ketones is 1. The van der Waals surface area contributed by atoms with Crippen molar-refractivity contribution in [3.8, 4) is 0 Å². The second kappa shape index (κ2) is 9.64. The minimum absolute atomic E-state index is 0.0152. The number of hydrogen-bond donors (Lipinski definition) is 0. The van der Waals surface area contributed by atoms with Crippen LogP contribution in [-0.2, 0) is 16.0 Å². The van der Waals surface area contributed by atoms with Gasteiger partial charge in [-0.3, -0.25) is 4.79 Å². The number of aryl methyl sites for hydroxylation is 2. The van der Waals surface area contributed by atoms with Crippen LogP contribution in [0.1, 0.15) is 67.9 Å². The Hall–Kier alpha value is -1.72. The Kier molecular flexibility index (Phi) is 7.51. The second-order valence-corrected chi connectivity index (χ2v) is 10.5. The fourth-order valence-electron chi connectivity index (χ4n) is 4.37. The van der Waals surface area contributed by atoms with E-state index in [4.69, 9.17) is 11.6 Å². The molecular weight excluding hydrogens is 448 g/mol. The van der Waals surface area contributed by atoms with Gasteiger partial charge in [0.2, 0.25) is 0 Å². The predicted molar refractivity (Wildman–Crippen MR) is 131 cm³/mol. The normalized spacial score (nSPS) is 19.7. The molecule has 6 heteroatoms. The first kappa shape index (κ1) is 24.9. The molecule has 0 spiro atoms. The van der Waals surface area contributed by atoms with Crippen LogP contribution < -0.4 is 0 Å². The molecule has 0 saturated carbocycles. The number of carbonyl (C=O) groups excluding carboxylic acids is 1. The maximum Gasteiger partial charge on any atom is 0.266 e. The maximum atomic E-state index is 15.0. The summed E-state index contributed by atoms with van der Waals surface area (Å²) in [5.74, 6) is -2.77. The lowest BCUT2D eigenvalue weighted by atomic mass is 9.84. The number of halogens is 3. The van der Waals surface area contributed by atoms with E-state index in [1.165, 1.54) is 0 Å². The SMILES string of the molecule is CCCC(Cc1ccc(C2=NSC(c3cc(C)cc(Cl)c3)(C(C)(F)F)C2)cc1C)C(C)=O. The van der Waals surface area contributed by atoms with E-state index in [9.17, 15) is 13.6 Å². The Bertz CT molecular complexity index is 1030. The summed E-state index contributed by atoms with van der Waals surface area (Å²) in [6, 6.07) is 11.1. The Morgan fingerprint density at radius 3 is 2.53 bits per heavy atom. The summed E-state index contributed by atoms with van der Waals surface area (Å²) in [5.41, 5.74) is 5.01. The standard InChI is InChI=1S/C26H30ClF2NOS/c1-6-7-20(18(4)31)13-19-8-9-21(12-17(19)3)24-15-26(32-30-24,25(5,28)29)22-10-16(2)11-23(27)14-22/h8-12,14,20H,6-7,13,15H2,1-5H3. The molecule has 172 valence electrons. The third-order valence-corrected chi connectivity index (χ3v) is 7.88. The molecule has 2 unspecified atom stereocenters. The van der Waals surface area contributed by atoms with Crippen molar-refractivity contribution in [1.82, 2.24) is 0 Å². The van der Waals surface area contributed by atoms with Gasteiger partial charge in [-0.1, -0.05) is 43.1 Å². The van der Waals surface area contributed by atoms with Crippen molar-refractivity contribution >= 4 is 35.0 Å². The van der Waals surface area contributed by atoms with Gasteiger partial charge in [0, 0.05) is 24.3 Å². The number of nitrogens with zero attached hydrogens (tertiary/aromatic N) is 1. The van der Waals surface area contributed by atoms with Crippen molar-refractivity contribution < 1.29 is 13.6 Å². The minimum Gasteiger partial charge on any atom is -0.300 e. The third kappa shape index (κ3) is 5.09. The van der Waals surface area contributed by atoms with Crippen LogP contribution in [0.15, 0.2) is 40.8 Å². The van der Waals surface area contributed by atoms with E-state index >= 15 is 0 Å². The lowest BCUT2D eigenvalue weighted by Crippen LogP contribution is -2.39. The summed E-state index contributed by atoms with van der Waals surface area (Å²) in [6.45, 7) is 8.55. The molecule has 2 atom stereocenters. The number of rotatable bonds is 8. The largest absolute Gasteiger partial charge is 0.300 e. The third-order valence-electron chi connectivity index (χ3n) is 6.30. The Morgan fingerprint density at radius 1 is 1.25 bits per heavy atom. The highest BCUT2D eigenvalue weighted by Gasteiger charge is 2.56. The Balaban J connectivity index is 1.90. The first-order valence-electron chi connectivity index (χ1n) is 11.0. The van der Waals surface area contributed by atoms with Gasteiger partial charge < -0.3 is 0 Å². The molecule has 2 nitrogen and oxygen atoms in total. The van der Waals surface area contributed by atoms with E-state index in [0.717, 1.165) is 54.0 Å². The zero-order chi connectivity index (χ0) is 23.7. The fourth-order valence-corrected chi connectivity index (χ4v) is 5.68. The highest BCUT2D eigenvalue weighted by atomic mass is 35.5. The average Bonchev–Trinajstić information content (AvgIpc) is 3.15. The molecule has 0 saturated heterocycles. The first-order chi connectivity index (χ1) is 15.0. The lowest BCUT2D eigenvalue weighted by Gasteiger charge is -2.34. The van der Waals surface area contributed by atoms with E-state index in [-0.39, 0.29) is 18.1 Å². The van der Waals surface area contributed by atoms with E-state index in [0.29, 0.717) is 22.7 Å². The van der Waals surface area contributed by atoms with E-state index in [1.807, 2.05) is 32.0 Å². The molecule has 1 aliphatic rings. The van der Waals surface area contributed by atoms with Crippen LogP contribution in [0, 0.1) is 19.8 Å². The fraction of sp³-hybridized carbons (Fsp3) is 0.462. The molecule has 1 aliphatic heterocycles. The molecule has 0 N–H and O–H groups in total. The number of benzene rings is 2. The molecular formula is C26H30ClF2NOS. The molecule has 2 aromatic rings. The molecule has 0 aromatic heterocycles. The topological polar surface area (TPSA) is 29.4 Å². The molecule has 0 fully saturated rings. The summed E-state index contributed by atoms with van der Waals surface area (Å²) in [7, 11) is 0. The Labute approximate surface area is 199 Å². The lowest BCUT2D eigenvalue weighted by molar-refractivity contribution is -0.120. The van der Waals surface area contributed by atoms with Crippen LogP contribution in [-0.4, -0.2) is 17.4 Å². The monoisotopic (exact) mass is 477 g/mol. The van der Waals surface area contributed by atoms with Gasteiger partial charge in [0.05, 0.1) is 5.71 Å². The van der Waals surface area contributed by atoms with Crippen LogP contribution in [0.3, 0.4) is 0 Å². The van der Waals surface area contributed by atoms with Gasteiger partial charge >= 0.3 is 0 Å². The molecule has 0 bridgehead atoms. The predicted octanol–water partition coefficient (Wildman–Crippen LogP) is 7.90. The summed E-state index contributed by atoms with van der Waals surface area (Å²) in [6.07, 6.45) is 2.65. The smallest absolute Gasteiger partial charge is 0.266 e. The maximum absolute atomic E-state index is 15.0. The summed E-state index contributed by atoms with van der Waals surface area (Å²) in [5, 5.41) is 0.449. The van der Waals surface area contributed by atoms with Gasteiger partial charge in [-0.2, -0.15) is 0 Å². The van der Waals surface area contributed by atoms with Gasteiger partial charge in [-0.05, 0) is 91.6 Å². The van der Waals surface area contributed by atoms with Crippen molar-refractivity contribution in [1.29, 1.82) is 0 Å². The molecule has 2 aromatic carbocycles.